The number of rotatable bonds is 4. The summed E-state index contributed by atoms with van der Waals surface area (Å²) in [6.45, 7) is 0. The van der Waals surface area contributed by atoms with Gasteiger partial charge in [-0.05, 0) is 41.5 Å². The van der Waals surface area contributed by atoms with Crippen molar-refractivity contribution in [3.05, 3.63) is 95.6 Å². The predicted octanol–water partition coefficient (Wildman–Crippen LogP) is 4.24. The maximum absolute atomic E-state index is 13.4. The molecule has 5 heteroatoms. The van der Waals surface area contributed by atoms with E-state index in [0.717, 1.165) is 16.9 Å². The molecule has 0 bridgehead atoms. The summed E-state index contributed by atoms with van der Waals surface area (Å²) >= 11 is 0. The van der Waals surface area contributed by atoms with Gasteiger partial charge in [-0.1, -0.05) is 48.5 Å². The van der Waals surface area contributed by atoms with E-state index in [-0.39, 0.29) is 11.8 Å². The summed E-state index contributed by atoms with van der Waals surface area (Å²) in [5.41, 5.74) is 2.92. The van der Waals surface area contributed by atoms with Crippen molar-refractivity contribution in [2.24, 2.45) is 0 Å². The number of likely N-dealkylation sites (N-methyl/N-ethyl adjacent to an activating group) is 1. The summed E-state index contributed by atoms with van der Waals surface area (Å²) in [7, 11) is 3.35. The van der Waals surface area contributed by atoms with Crippen LogP contribution < -0.4 is 10.1 Å². The molecule has 0 spiro atoms. The van der Waals surface area contributed by atoms with Crippen LogP contribution in [0.4, 0.5) is 5.69 Å². The first-order chi connectivity index (χ1) is 14.1. The van der Waals surface area contributed by atoms with E-state index in [9.17, 15) is 9.59 Å². The van der Waals surface area contributed by atoms with Crippen LogP contribution in [0.3, 0.4) is 0 Å². The lowest BCUT2D eigenvalue weighted by molar-refractivity contribution is -0.119. The normalized spacial score (nSPS) is 18.1. The fourth-order valence-electron chi connectivity index (χ4n) is 3.92. The van der Waals surface area contributed by atoms with Gasteiger partial charge in [0.15, 0.2) is 0 Å². The van der Waals surface area contributed by atoms with E-state index < -0.39 is 12.0 Å². The van der Waals surface area contributed by atoms with Gasteiger partial charge in [-0.3, -0.25) is 9.59 Å². The Balaban J connectivity index is 1.76. The largest absolute Gasteiger partial charge is 0.497 e. The number of hydrogen-bond acceptors (Lipinski definition) is 3. The molecule has 0 radical (unpaired) electrons. The number of amides is 2. The summed E-state index contributed by atoms with van der Waals surface area (Å²) in [6.07, 6.45) is 0. The Morgan fingerprint density at radius 3 is 2.28 bits per heavy atom. The first-order valence-corrected chi connectivity index (χ1v) is 9.46. The quantitative estimate of drug-likeness (QED) is 0.729. The van der Waals surface area contributed by atoms with E-state index in [4.69, 9.17) is 4.74 Å². The maximum Gasteiger partial charge on any atom is 0.254 e. The second-order valence-corrected chi connectivity index (χ2v) is 7.05. The number of nitrogens with zero attached hydrogens (tertiary/aromatic N) is 1. The molecular formula is C24H22N2O3. The molecule has 0 saturated heterocycles. The SMILES string of the molecule is COc1ccc(NC(=O)[C@@H]2c3ccccc3C(=O)N(C)[C@@H]2c2ccccc2)cc1. The molecular weight excluding hydrogens is 364 g/mol. The van der Waals surface area contributed by atoms with E-state index in [2.05, 4.69) is 5.32 Å². The van der Waals surface area contributed by atoms with Gasteiger partial charge in [-0.2, -0.15) is 0 Å². The van der Waals surface area contributed by atoms with Crippen LogP contribution in [0.1, 0.15) is 33.4 Å². The molecule has 5 nitrogen and oxygen atoms in total. The lowest BCUT2D eigenvalue weighted by atomic mass is 9.79. The predicted molar refractivity (Wildman–Crippen MR) is 112 cm³/mol. The average molecular weight is 386 g/mol. The van der Waals surface area contributed by atoms with Gasteiger partial charge in [0.05, 0.1) is 19.1 Å². The molecule has 1 heterocycles. The fraction of sp³-hybridized carbons (Fsp3) is 0.167. The van der Waals surface area contributed by atoms with Crippen LogP contribution in [-0.2, 0) is 4.79 Å². The van der Waals surface area contributed by atoms with Gasteiger partial charge in [0, 0.05) is 18.3 Å². The third-order valence-electron chi connectivity index (χ3n) is 5.36. The van der Waals surface area contributed by atoms with Crippen LogP contribution in [0.5, 0.6) is 5.75 Å². The second-order valence-electron chi connectivity index (χ2n) is 7.05. The smallest absolute Gasteiger partial charge is 0.254 e. The molecule has 3 aromatic rings. The number of nitrogens with one attached hydrogen (secondary N) is 1. The van der Waals surface area contributed by atoms with Gasteiger partial charge in [0.25, 0.3) is 5.91 Å². The molecule has 0 aliphatic carbocycles. The fourth-order valence-corrected chi connectivity index (χ4v) is 3.92. The van der Waals surface area contributed by atoms with Crippen LogP contribution >= 0.6 is 0 Å². The van der Waals surface area contributed by atoms with E-state index >= 15 is 0 Å². The van der Waals surface area contributed by atoms with Crippen LogP contribution in [0.15, 0.2) is 78.9 Å². The molecule has 3 aromatic carbocycles. The van der Waals surface area contributed by atoms with Crippen LogP contribution in [-0.4, -0.2) is 30.9 Å². The number of fused-ring (bicyclic) bond motifs is 1. The summed E-state index contributed by atoms with van der Waals surface area (Å²) < 4.78 is 5.18. The molecule has 1 N–H and O–H groups in total. The molecule has 1 aliphatic rings. The zero-order valence-electron chi connectivity index (χ0n) is 16.3. The van der Waals surface area contributed by atoms with Crippen molar-refractivity contribution < 1.29 is 14.3 Å². The topological polar surface area (TPSA) is 58.6 Å². The van der Waals surface area contributed by atoms with Gasteiger partial charge in [-0.25, -0.2) is 0 Å². The minimum atomic E-state index is -0.529. The van der Waals surface area contributed by atoms with E-state index in [1.165, 1.54) is 0 Å². The molecule has 2 amide bonds. The highest BCUT2D eigenvalue weighted by molar-refractivity contribution is 6.04. The number of carbonyl (C=O) groups is 2. The Hall–Kier alpha value is -3.60. The number of methoxy groups -OCH3 is 1. The van der Waals surface area contributed by atoms with E-state index in [1.807, 2.05) is 48.5 Å². The van der Waals surface area contributed by atoms with Crippen LogP contribution in [0, 0.1) is 0 Å². The summed E-state index contributed by atoms with van der Waals surface area (Å²) in [4.78, 5) is 28.1. The Morgan fingerprint density at radius 1 is 0.931 bits per heavy atom. The molecule has 2 atom stereocenters. The number of ether oxygens (including phenoxy) is 1. The highest BCUT2D eigenvalue weighted by atomic mass is 16.5. The van der Waals surface area contributed by atoms with Crippen LogP contribution in [0.25, 0.3) is 0 Å². The first-order valence-electron chi connectivity index (χ1n) is 9.46. The van der Waals surface area contributed by atoms with Crippen molar-refractivity contribution in [2.75, 3.05) is 19.5 Å². The van der Waals surface area contributed by atoms with Crippen molar-refractivity contribution >= 4 is 17.5 Å². The Labute approximate surface area is 169 Å². The van der Waals surface area contributed by atoms with Gasteiger partial charge in [0.2, 0.25) is 5.91 Å². The van der Waals surface area contributed by atoms with Crippen molar-refractivity contribution in [1.82, 2.24) is 4.90 Å². The average Bonchev–Trinajstić information content (AvgIpc) is 2.77. The summed E-state index contributed by atoms with van der Waals surface area (Å²) in [6, 6.07) is 23.8. The third-order valence-corrected chi connectivity index (χ3v) is 5.36. The first kappa shape index (κ1) is 18.7. The molecule has 1 aliphatic heterocycles. The lowest BCUT2D eigenvalue weighted by Gasteiger charge is -2.39. The molecule has 0 unspecified atom stereocenters. The number of benzene rings is 3. The summed E-state index contributed by atoms with van der Waals surface area (Å²) in [5.74, 6) is -0.0457. The minimum absolute atomic E-state index is 0.0806. The zero-order chi connectivity index (χ0) is 20.4. The van der Waals surface area contributed by atoms with Crippen molar-refractivity contribution in [2.45, 2.75) is 12.0 Å². The van der Waals surface area contributed by atoms with Crippen molar-refractivity contribution in [1.29, 1.82) is 0 Å². The van der Waals surface area contributed by atoms with E-state index in [1.54, 1.807) is 49.4 Å². The van der Waals surface area contributed by atoms with Gasteiger partial charge < -0.3 is 15.0 Å². The second kappa shape index (κ2) is 7.80. The zero-order valence-corrected chi connectivity index (χ0v) is 16.3. The van der Waals surface area contributed by atoms with E-state index in [0.29, 0.717) is 11.3 Å². The molecule has 0 saturated carbocycles. The van der Waals surface area contributed by atoms with Gasteiger partial charge in [-0.15, -0.1) is 0 Å². The highest BCUT2D eigenvalue weighted by Crippen LogP contribution is 2.42. The highest BCUT2D eigenvalue weighted by Gasteiger charge is 2.42. The molecule has 0 fully saturated rings. The monoisotopic (exact) mass is 386 g/mol. The Morgan fingerprint density at radius 2 is 1.59 bits per heavy atom. The lowest BCUT2D eigenvalue weighted by Crippen LogP contribution is -2.44. The molecule has 146 valence electrons. The number of carbonyl (C=O) groups excluding carboxylic acids is 2. The van der Waals surface area contributed by atoms with Crippen molar-refractivity contribution in [3.8, 4) is 5.75 Å². The number of anilines is 1. The Kier molecular flexibility index (Phi) is 5.04. The minimum Gasteiger partial charge on any atom is -0.497 e. The van der Waals surface area contributed by atoms with Gasteiger partial charge in [0.1, 0.15) is 5.75 Å². The standard InChI is InChI=1S/C24H22N2O3/c1-26-22(16-8-4-3-5-9-16)21(19-10-6-7-11-20(19)24(26)28)23(27)25-17-12-14-18(29-2)15-13-17/h3-15,21-22H,1-2H3,(H,25,27)/t21-,22-/m1/s1. The van der Waals surface area contributed by atoms with Crippen LogP contribution in [0.2, 0.25) is 0 Å². The number of hydrogen-bond donors (Lipinski definition) is 1. The molecule has 29 heavy (non-hydrogen) atoms. The van der Waals surface area contributed by atoms with Gasteiger partial charge >= 0.3 is 0 Å². The van der Waals surface area contributed by atoms with Crippen molar-refractivity contribution in [3.63, 3.8) is 0 Å². The molecule has 0 aromatic heterocycles. The third kappa shape index (κ3) is 3.47. The molecule has 4 rings (SSSR count). The maximum atomic E-state index is 13.4. The Bertz CT molecular complexity index is 1030. The summed E-state index contributed by atoms with van der Waals surface area (Å²) in [5, 5.41) is 3.01.